The molecule has 1 N–H and O–H groups in total. The summed E-state index contributed by atoms with van der Waals surface area (Å²) in [5.74, 6) is 0.383. The lowest BCUT2D eigenvalue weighted by Gasteiger charge is -2.31. The molecule has 2 amide bonds. The van der Waals surface area contributed by atoms with Crippen LogP contribution in [0.15, 0.2) is 72.9 Å². The van der Waals surface area contributed by atoms with Crippen molar-refractivity contribution >= 4 is 17.7 Å². The smallest absolute Gasteiger partial charge is 0.325 e. The van der Waals surface area contributed by atoms with E-state index in [1.807, 2.05) is 104 Å². The monoisotopic (exact) mass is 498 g/mol. The first-order valence-electron chi connectivity index (χ1n) is 12.1. The van der Waals surface area contributed by atoms with Crippen LogP contribution in [0.25, 0.3) is 11.5 Å². The van der Waals surface area contributed by atoms with Crippen LogP contribution in [-0.2, 0) is 16.1 Å². The molecule has 0 saturated carbocycles. The van der Waals surface area contributed by atoms with Gasteiger partial charge in [-0.3, -0.25) is 4.79 Å². The molecule has 1 atom stereocenters. The normalized spacial score (nSPS) is 14.4. The number of para-hydroxylation sites is 1. The van der Waals surface area contributed by atoms with E-state index in [1.165, 1.54) is 7.11 Å². The number of hydrogen-bond donors (Lipinski definition) is 1. The van der Waals surface area contributed by atoms with Crippen LogP contribution in [0.3, 0.4) is 0 Å². The van der Waals surface area contributed by atoms with Gasteiger partial charge in [-0.25, -0.2) is 9.48 Å². The minimum absolute atomic E-state index is 0.214. The molecule has 0 aliphatic carbocycles. The summed E-state index contributed by atoms with van der Waals surface area (Å²) in [5, 5.41) is 7.59. The molecular formula is C28H30N6O3. The zero-order valence-corrected chi connectivity index (χ0v) is 21.4. The molecule has 0 bridgehead atoms. The number of methoxy groups -OCH3 is 1. The summed E-state index contributed by atoms with van der Waals surface area (Å²) in [6.07, 6.45) is 2.01. The number of nitrogens with one attached hydrogen (secondary N) is 1. The van der Waals surface area contributed by atoms with Crippen LogP contribution < -0.4 is 10.2 Å². The third-order valence-corrected chi connectivity index (χ3v) is 6.68. The highest BCUT2D eigenvalue weighted by Gasteiger charge is 2.36. The zero-order chi connectivity index (χ0) is 26.1. The molecule has 9 heteroatoms. The van der Waals surface area contributed by atoms with Crippen molar-refractivity contribution in [2.24, 2.45) is 0 Å². The van der Waals surface area contributed by atoms with Crippen molar-refractivity contribution in [3.63, 3.8) is 0 Å². The molecule has 2 aromatic heterocycles. The van der Waals surface area contributed by atoms with Crippen LogP contribution in [0, 0.1) is 6.92 Å². The van der Waals surface area contributed by atoms with Gasteiger partial charge in [-0.2, -0.15) is 5.10 Å². The van der Waals surface area contributed by atoms with Crippen LogP contribution in [-0.4, -0.2) is 59.0 Å². The zero-order valence-electron chi connectivity index (χ0n) is 21.4. The van der Waals surface area contributed by atoms with E-state index in [0.29, 0.717) is 6.54 Å². The predicted molar refractivity (Wildman–Crippen MR) is 141 cm³/mol. The Morgan fingerprint density at radius 1 is 1.05 bits per heavy atom. The predicted octanol–water partition coefficient (Wildman–Crippen LogP) is 3.83. The number of ether oxygens (including phenoxy) is 1. The number of carbonyl (C=O) groups is 2. The van der Waals surface area contributed by atoms with Gasteiger partial charge in [0.2, 0.25) is 0 Å². The topological polar surface area (TPSA) is 84.6 Å². The van der Waals surface area contributed by atoms with E-state index in [4.69, 9.17) is 9.84 Å². The highest BCUT2D eigenvalue weighted by Crippen LogP contribution is 2.38. The molecule has 2 aromatic carbocycles. The van der Waals surface area contributed by atoms with Gasteiger partial charge in [0.1, 0.15) is 12.4 Å². The summed E-state index contributed by atoms with van der Waals surface area (Å²) in [5.41, 5.74) is 5.63. The van der Waals surface area contributed by atoms with Gasteiger partial charge in [0.15, 0.2) is 0 Å². The molecule has 1 aliphatic heterocycles. The molecule has 0 spiro atoms. The number of carbonyl (C=O) groups excluding carboxylic acids is 2. The molecule has 37 heavy (non-hydrogen) atoms. The maximum absolute atomic E-state index is 13.6. The molecule has 0 unspecified atom stereocenters. The van der Waals surface area contributed by atoms with Gasteiger partial charge in [-0.05, 0) is 48.9 Å². The van der Waals surface area contributed by atoms with Crippen LogP contribution in [0.2, 0.25) is 0 Å². The Balaban J connectivity index is 1.67. The Hall–Kier alpha value is -4.53. The molecule has 1 aliphatic rings. The Morgan fingerprint density at radius 3 is 2.46 bits per heavy atom. The minimum Gasteiger partial charge on any atom is -0.468 e. The number of nitrogens with zero attached hydrogens (tertiary/aromatic N) is 5. The Bertz CT molecular complexity index is 1420. The van der Waals surface area contributed by atoms with E-state index < -0.39 is 12.0 Å². The molecular weight excluding hydrogens is 468 g/mol. The fourth-order valence-corrected chi connectivity index (χ4v) is 4.78. The fourth-order valence-electron chi connectivity index (χ4n) is 4.78. The van der Waals surface area contributed by atoms with Crippen molar-refractivity contribution in [3.8, 4) is 11.5 Å². The van der Waals surface area contributed by atoms with Gasteiger partial charge in [-0.15, -0.1) is 0 Å². The molecule has 3 heterocycles. The fraction of sp³-hybridized carbons (Fsp3) is 0.250. The molecule has 0 saturated heterocycles. The van der Waals surface area contributed by atoms with Crippen molar-refractivity contribution in [1.29, 1.82) is 0 Å². The van der Waals surface area contributed by atoms with E-state index in [1.54, 1.807) is 4.90 Å². The average Bonchev–Trinajstić information content (AvgIpc) is 3.48. The van der Waals surface area contributed by atoms with Crippen molar-refractivity contribution in [2.45, 2.75) is 19.5 Å². The van der Waals surface area contributed by atoms with E-state index >= 15 is 0 Å². The lowest BCUT2D eigenvalue weighted by molar-refractivity contribution is -0.139. The Labute approximate surface area is 215 Å². The third kappa shape index (κ3) is 4.44. The summed E-state index contributed by atoms with van der Waals surface area (Å²) in [6.45, 7) is 2.05. The van der Waals surface area contributed by atoms with Crippen LogP contribution in [0.1, 0.15) is 28.6 Å². The van der Waals surface area contributed by atoms with Gasteiger partial charge in [0.25, 0.3) is 0 Å². The van der Waals surface area contributed by atoms with E-state index in [0.717, 1.165) is 39.7 Å². The molecule has 4 aromatic rings. The summed E-state index contributed by atoms with van der Waals surface area (Å²) >= 11 is 0. The van der Waals surface area contributed by atoms with Gasteiger partial charge in [0.05, 0.1) is 36.8 Å². The Kier molecular flexibility index (Phi) is 6.43. The van der Waals surface area contributed by atoms with Crippen LogP contribution in [0.5, 0.6) is 0 Å². The lowest BCUT2D eigenvalue weighted by atomic mass is 10.0. The van der Waals surface area contributed by atoms with Crippen LogP contribution in [0.4, 0.5) is 10.5 Å². The quantitative estimate of drug-likeness (QED) is 0.423. The second-order valence-corrected chi connectivity index (χ2v) is 9.19. The largest absolute Gasteiger partial charge is 0.468 e. The second kappa shape index (κ2) is 9.85. The van der Waals surface area contributed by atoms with Crippen molar-refractivity contribution in [2.75, 3.05) is 32.6 Å². The van der Waals surface area contributed by atoms with E-state index in [2.05, 4.69) is 9.88 Å². The number of fused-ring (bicyclic) bond motifs is 3. The summed E-state index contributed by atoms with van der Waals surface area (Å²) in [6, 6.07) is 21.4. The van der Waals surface area contributed by atoms with Gasteiger partial charge in [-0.1, -0.05) is 30.3 Å². The summed E-state index contributed by atoms with van der Waals surface area (Å²) in [7, 11) is 5.29. The third-order valence-electron chi connectivity index (χ3n) is 6.68. The van der Waals surface area contributed by atoms with Crippen molar-refractivity contribution < 1.29 is 14.3 Å². The first kappa shape index (κ1) is 24.2. The number of esters is 1. The number of aromatic nitrogens is 3. The van der Waals surface area contributed by atoms with E-state index in [-0.39, 0.29) is 12.6 Å². The molecule has 9 nitrogen and oxygen atoms in total. The number of rotatable bonds is 5. The maximum Gasteiger partial charge on any atom is 0.325 e. The Morgan fingerprint density at radius 2 is 1.78 bits per heavy atom. The number of amides is 2. The van der Waals surface area contributed by atoms with Gasteiger partial charge in [0, 0.05) is 31.5 Å². The minimum atomic E-state index is -0.507. The first-order chi connectivity index (χ1) is 17.9. The average molecular weight is 499 g/mol. The number of urea groups is 1. The van der Waals surface area contributed by atoms with Crippen molar-refractivity contribution in [3.05, 3.63) is 95.4 Å². The van der Waals surface area contributed by atoms with E-state index in [9.17, 15) is 9.59 Å². The highest BCUT2D eigenvalue weighted by atomic mass is 16.5. The van der Waals surface area contributed by atoms with Gasteiger partial charge < -0.3 is 24.4 Å². The maximum atomic E-state index is 13.6. The second-order valence-electron chi connectivity index (χ2n) is 9.19. The summed E-state index contributed by atoms with van der Waals surface area (Å²) in [4.78, 5) is 29.2. The molecule has 190 valence electrons. The van der Waals surface area contributed by atoms with Crippen LogP contribution >= 0.6 is 0 Å². The van der Waals surface area contributed by atoms with Gasteiger partial charge >= 0.3 is 12.0 Å². The molecule has 0 fully saturated rings. The number of anilines is 1. The number of aryl methyl sites for hydroxylation is 1. The van der Waals surface area contributed by atoms with Crippen molar-refractivity contribution in [1.82, 2.24) is 24.6 Å². The molecule has 0 radical (unpaired) electrons. The number of benzene rings is 2. The first-order valence-corrected chi connectivity index (χ1v) is 12.1. The molecule has 5 rings (SSSR count). The summed E-state index contributed by atoms with van der Waals surface area (Å²) < 4.78 is 8.78. The highest BCUT2D eigenvalue weighted by molar-refractivity contribution is 5.81. The lowest BCUT2D eigenvalue weighted by Crippen LogP contribution is -2.44. The number of hydrogen-bond acceptors (Lipinski definition) is 5. The SMILES string of the molecule is COC(=O)CNC(=O)N1Cc2c(C)nn(-c3ccccc3)c2-n2cccc2[C@H]1c1ccc(N(C)C)cc1. The standard InChI is InChI=1S/C28H30N6O3/c1-19-23-18-33(28(36)29-17-25(35)37-4)26(20-12-14-21(15-13-20)31(2)3)24-11-8-16-32(24)27(23)34(30-19)22-9-6-5-7-10-22/h5-16,26H,17-18H2,1-4H3,(H,29,36)/t26-/m1/s1.